The summed E-state index contributed by atoms with van der Waals surface area (Å²) < 4.78 is 34.3. The molecule has 1 fully saturated rings. The van der Waals surface area contributed by atoms with E-state index in [-0.39, 0.29) is 42.3 Å². The molecule has 0 radical (unpaired) electrons. The first-order valence-corrected chi connectivity index (χ1v) is 19.0. The van der Waals surface area contributed by atoms with Crippen LogP contribution in [0.4, 0.5) is 4.79 Å². The molecule has 4 rings (SSSR count). The Morgan fingerprint density at radius 1 is 1.02 bits per heavy atom. The Hall–Kier alpha value is -4.50. The number of oxime groups is 1. The smallest absolute Gasteiger partial charge is 0.321 e. The van der Waals surface area contributed by atoms with E-state index in [1.54, 1.807) is 21.9 Å². The number of amides is 3. The number of rotatable bonds is 19. The van der Waals surface area contributed by atoms with E-state index in [9.17, 15) is 23.1 Å². The Morgan fingerprint density at radius 2 is 1.71 bits per heavy atom. The molecule has 13 nitrogen and oxygen atoms in total. The summed E-state index contributed by atoms with van der Waals surface area (Å²) in [6, 6.07) is 21.0. The number of nitrogens with two attached hydrogens (primary N) is 1. The number of urea groups is 1. The van der Waals surface area contributed by atoms with Gasteiger partial charge in [0.2, 0.25) is 15.9 Å². The third-order valence-electron chi connectivity index (χ3n) is 9.25. The van der Waals surface area contributed by atoms with Crippen LogP contribution in [0.15, 0.2) is 88.9 Å². The molecule has 4 N–H and O–H groups in total. The van der Waals surface area contributed by atoms with Crippen molar-refractivity contribution in [3.05, 3.63) is 95.6 Å². The standard InChI is InChI=1S/C38H52N6O7S/c1-6-28(4)36(44-20-19-42(38(44)47)25-31-14-10-13-30(21-31)23-40-51-39)37(46)41-34(22-29-11-8-7-9-12-29)35(45)26-43(24-27(2)3)52(48,49)33-17-15-32(50-5)16-18-33/h7-18,21,23,27-28,34-36,45H,6,19-20,22,24-26,39H2,1-5H3,(H,41,46)/t28-,34-,35+,36-/m0/s1. The second-order valence-electron chi connectivity index (χ2n) is 13.6. The Labute approximate surface area is 307 Å². The van der Waals surface area contributed by atoms with Gasteiger partial charge in [-0.15, -0.1) is 5.90 Å². The van der Waals surface area contributed by atoms with Crippen molar-refractivity contribution in [3.63, 3.8) is 0 Å². The minimum atomic E-state index is -4.02. The molecule has 3 amide bonds. The molecule has 0 bridgehead atoms. The average Bonchev–Trinajstić information content (AvgIpc) is 3.48. The van der Waals surface area contributed by atoms with Crippen molar-refractivity contribution in [2.75, 3.05) is 33.3 Å². The largest absolute Gasteiger partial charge is 0.497 e. The van der Waals surface area contributed by atoms with Crippen LogP contribution in [0.25, 0.3) is 0 Å². The monoisotopic (exact) mass is 736 g/mol. The molecule has 3 aromatic carbocycles. The molecule has 0 aromatic heterocycles. The molecule has 3 aromatic rings. The zero-order valence-corrected chi connectivity index (χ0v) is 31.4. The zero-order chi connectivity index (χ0) is 37.8. The maximum absolute atomic E-state index is 14.3. The molecule has 0 saturated carbocycles. The number of carbonyl (C=O) groups excluding carboxylic acids is 2. The van der Waals surface area contributed by atoms with Crippen LogP contribution in [0.3, 0.4) is 0 Å². The first-order chi connectivity index (χ1) is 24.9. The molecule has 1 saturated heterocycles. The molecular formula is C38H52N6O7S. The fourth-order valence-corrected chi connectivity index (χ4v) is 7.97. The van der Waals surface area contributed by atoms with Crippen molar-refractivity contribution in [3.8, 4) is 5.75 Å². The topological polar surface area (TPSA) is 167 Å². The number of ether oxygens (including phenoxy) is 1. The molecule has 1 heterocycles. The SMILES string of the molecule is CC[C@H](C)[C@@H](C(=O)N[C@@H](Cc1ccccc1)[C@H](O)CN(CC(C)C)S(=O)(=O)c1ccc(OC)cc1)N1CCN(Cc2cccc(C=NON)c2)C1=O. The number of benzene rings is 3. The molecule has 4 atom stereocenters. The number of methoxy groups -OCH3 is 1. The summed E-state index contributed by atoms with van der Waals surface area (Å²) in [7, 11) is -2.51. The van der Waals surface area contributed by atoms with Gasteiger partial charge in [-0.25, -0.2) is 13.2 Å². The van der Waals surface area contributed by atoms with Crippen LogP contribution in [0.2, 0.25) is 0 Å². The maximum Gasteiger partial charge on any atom is 0.321 e. The number of nitrogens with one attached hydrogen (secondary N) is 1. The molecule has 1 aliphatic rings. The number of sulfonamides is 1. The normalized spacial score (nSPS) is 16.0. The summed E-state index contributed by atoms with van der Waals surface area (Å²) in [5, 5.41) is 18.5. The highest BCUT2D eigenvalue weighted by Gasteiger charge is 2.41. The van der Waals surface area contributed by atoms with Crippen molar-refractivity contribution >= 4 is 28.2 Å². The number of hydrogen-bond donors (Lipinski definition) is 3. The molecule has 282 valence electrons. The highest BCUT2D eigenvalue weighted by molar-refractivity contribution is 7.89. The predicted octanol–water partition coefficient (Wildman–Crippen LogP) is 4.01. The lowest BCUT2D eigenvalue weighted by Gasteiger charge is -2.35. The number of nitrogens with zero attached hydrogens (tertiary/aromatic N) is 4. The van der Waals surface area contributed by atoms with Gasteiger partial charge in [0.25, 0.3) is 0 Å². The Kier molecular flexibility index (Phi) is 14.6. The Balaban J connectivity index is 1.58. The van der Waals surface area contributed by atoms with Gasteiger partial charge >= 0.3 is 6.03 Å². The third-order valence-corrected chi connectivity index (χ3v) is 11.1. The van der Waals surface area contributed by atoms with Crippen LogP contribution in [0.5, 0.6) is 5.75 Å². The van der Waals surface area contributed by atoms with Gasteiger partial charge in [-0.3, -0.25) is 4.79 Å². The van der Waals surface area contributed by atoms with Crippen LogP contribution in [0, 0.1) is 11.8 Å². The Morgan fingerprint density at radius 3 is 2.35 bits per heavy atom. The first kappa shape index (κ1) is 40.3. The summed E-state index contributed by atoms with van der Waals surface area (Å²) >= 11 is 0. The van der Waals surface area contributed by atoms with E-state index in [2.05, 4.69) is 15.4 Å². The van der Waals surface area contributed by atoms with E-state index in [1.165, 1.54) is 29.8 Å². The lowest BCUT2D eigenvalue weighted by Crippen LogP contribution is -2.57. The molecule has 14 heteroatoms. The molecule has 52 heavy (non-hydrogen) atoms. The minimum Gasteiger partial charge on any atom is -0.497 e. The number of aliphatic hydroxyl groups excluding tert-OH is 1. The lowest BCUT2D eigenvalue weighted by molar-refractivity contribution is -0.128. The highest BCUT2D eigenvalue weighted by Crippen LogP contribution is 2.25. The summed E-state index contributed by atoms with van der Waals surface area (Å²) in [6.07, 6.45) is 1.07. The minimum absolute atomic E-state index is 0.0446. The van der Waals surface area contributed by atoms with E-state index in [0.29, 0.717) is 31.8 Å². The van der Waals surface area contributed by atoms with E-state index >= 15 is 0 Å². The van der Waals surface area contributed by atoms with Gasteiger partial charge in [-0.1, -0.05) is 87.8 Å². The van der Waals surface area contributed by atoms with Gasteiger partial charge in [0.05, 0.1) is 30.4 Å². The van der Waals surface area contributed by atoms with Gasteiger partial charge in [0.1, 0.15) is 11.8 Å². The first-order valence-electron chi connectivity index (χ1n) is 17.6. The second-order valence-corrected chi connectivity index (χ2v) is 15.5. The van der Waals surface area contributed by atoms with Crippen molar-refractivity contribution in [2.45, 2.75) is 70.2 Å². The fourth-order valence-electron chi connectivity index (χ4n) is 6.35. The average molecular weight is 737 g/mol. The van der Waals surface area contributed by atoms with E-state index < -0.39 is 34.1 Å². The van der Waals surface area contributed by atoms with Crippen LogP contribution in [0.1, 0.15) is 50.8 Å². The van der Waals surface area contributed by atoms with Crippen molar-refractivity contribution in [2.24, 2.45) is 22.9 Å². The highest BCUT2D eigenvalue weighted by atomic mass is 32.2. The Bertz CT molecular complexity index is 1740. The summed E-state index contributed by atoms with van der Waals surface area (Å²) in [5.41, 5.74) is 2.49. The molecule has 0 spiro atoms. The second kappa shape index (κ2) is 18.8. The summed E-state index contributed by atoms with van der Waals surface area (Å²) in [4.78, 5) is 35.8. The predicted molar refractivity (Wildman–Crippen MR) is 200 cm³/mol. The molecule has 0 unspecified atom stereocenters. The lowest BCUT2D eigenvalue weighted by atomic mass is 9.95. The van der Waals surface area contributed by atoms with Gasteiger partial charge in [-0.2, -0.15) is 4.31 Å². The number of carbonyl (C=O) groups is 2. The zero-order valence-electron chi connectivity index (χ0n) is 30.6. The van der Waals surface area contributed by atoms with Crippen molar-refractivity contribution in [1.82, 2.24) is 19.4 Å². The van der Waals surface area contributed by atoms with Crippen molar-refractivity contribution < 1.29 is 32.8 Å². The van der Waals surface area contributed by atoms with Crippen molar-refractivity contribution in [1.29, 1.82) is 0 Å². The van der Waals surface area contributed by atoms with E-state index in [4.69, 9.17) is 10.6 Å². The fraction of sp³-hybridized carbons (Fsp3) is 0.447. The van der Waals surface area contributed by atoms with E-state index in [0.717, 1.165) is 16.7 Å². The van der Waals surface area contributed by atoms with Gasteiger partial charge in [0.15, 0.2) is 0 Å². The molecule has 1 aliphatic heterocycles. The number of aliphatic hydroxyl groups is 1. The molecule has 0 aliphatic carbocycles. The van der Waals surface area contributed by atoms with Crippen LogP contribution < -0.4 is 16.0 Å². The van der Waals surface area contributed by atoms with Crippen LogP contribution >= 0.6 is 0 Å². The maximum atomic E-state index is 14.3. The number of hydrogen-bond acceptors (Lipinski definition) is 9. The van der Waals surface area contributed by atoms with Gasteiger partial charge < -0.3 is 29.9 Å². The molecular weight excluding hydrogens is 685 g/mol. The third kappa shape index (κ3) is 10.5. The van der Waals surface area contributed by atoms with Crippen LogP contribution in [-0.4, -0.2) is 97.3 Å². The summed E-state index contributed by atoms with van der Waals surface area (Å²) in [6.45, 7) is 8.70. The summed E-state index contributed by atoms with van der Waals surface area (Å²) in [5.74, 6) is 4.87. The van der Waals surface area contributed by atoms with E-state index in [1.807, 2.05) is 82.3 Å². The quantitative estimate of drug-likeness (QED) is 0.123. The van der Waals surface area contributed by atoms with Crippen LogP contribution in [-0.2, 0) is 32.7 Å². The van der Waals surface area contributed by atoms with Gasteiger partial charge in [0, 0.05) is 32.7 Å². The van der Waals surface area contributed by atoms with Gasteiger partial charge in [-0.05, 0) is 65.3 Å².